The summed E-state index contributed by atoms with van der Waals surface area (Å²) in [6.07, 6.45) is 3.17. The first-order chi connectivity index (χ1) is 11.8. The second-order valence-corrected chi connectivity index (χ2v) is 9.76. The molecule has 142 valence electrons. The van der Waals surface area contributed by atoms with Crippen molar-refractivity contribution in [1.29, 1.82) is 0 Å². The highest BCUT2D eigenvalue weighted by atomic mass is 32.2. The van der Waals surface area contributed by atoms with Gasteiger partial charge in [0.05, 0.1) is 11.5 Å². The third kappa shape index (κ3) is 4.98. The Balaban J connectivity index is 2.30. The molecule has 4 nitrogen and oxygen atoms in total. The maximum Gasteiger partial charge on any atom is 0.243 e. The number of rotatable bonds is 7. The molecule has 2 atom stereocenters. The van der Waals surface area contributed by atoms with Gasteiger partial charge in [-0.15, -0.1) is 0 Å². The molecule has 5 heteroatoms. The number of hydrogen-bond acceptors (Lipinski definition) is 3. The van der Waals surface area contributed by atoms with Gasteiger partial charge < -0.3 is 4.74 Å². The number of unbranched alkanes of at least 4 members (excludes halogenated alkanes) is 1. The van der Waals surface area contributed by atoms with E-state index in [0.29, 0.717) is 36.4 Å². The molecule has 0 bridgehead atoms. The van der Waals surface area contributed by atoms with Crippen molar-refractivity contribution in [3.63, 3.8) is 0 Å². The molecule has 1 heterocycles. The molecule has 1 fully saturated rings. The maximum absolute atomic E-state index is 13.1. The maximum atomic E-state index is 13.1. The van der Waals surface area contributed by atoms with E-state index in [1.54, 1.807) is 10.4 Å². The molecular weight excluding hydrogens is 334 g/mol. The van der Waals surface area contributed by atoms with E-state index in [-0.39, 0.29) is 5.92 Å². The van der Waals surface area contributed by atoms with Crippen molar-refractivity contribution in [1.82, 2.24) is 4.31 Å². The second-order valence-electron chi connectivity index (χ2n) is 7.82. The van der Waals surface area contributed by atoms with E-state index in [9.17, 15) is 8.42 Å². The van der Waals surface area contributed by atoms with Crippen LogP contribution in [0.2, 0.25) is 0 Å². The molecule has 0 amide bonds. The topological polar surface area (TPSA) is 46.6 Å². The molecular formula is C20H33NO3S. The van der Waals surface area contributed by atoms with Crippen molar-refractivity contribution < 1.29 is 13.2 Å². The van der Waals surface area contributed by atoms with Crippen LogP contribution < -0.4 is 4.74 Å². The minimum absolute atomic E-state index is 0.214. The number of benzene rings is 1. The van der Waals surface area contributed by atoms with Gasteiger partial charge in [-0.3, -0.25) is 0 Å². The molecule has 0 N–H and O–H groups in total. The first-order valence-electron chi connectivity index (χ1n) is 9.52. The molecule has 2 rings (SSSR count). The zero-order chi connectivity index (χ0) is 18.6. The van der Waals surface area contributed by atoms with E-state index in [2.05, 4.69) is 34.6 Å². The fourth-order valence-corrected chi connectivity index (χ4v) is 5.26. The van der Waals surface area contributed by atoms with Gasteiger partial charge in [0.1, 0.15) is 5.75 Å². The Bertz CT molecular complexity index is 660. The van der Waals surface area contributed by atoms with Crippen molar-refractivity contribution in [2.45, 2.75) is 64.7 Å². The quantitative estimate of drug-likeness (QED) is 0.659. The van der Waals surface area contributed by atoms with E-state index in [0.717, 1.165) is 30.6 Å². The smallest absolute Gasteiger partial charge is 0.243 e. The summed E-state index contributed by atoms with van der Waals surface area (Å²) >= 11 is 0. The SMILES string of the molecule is CCCCOc1ccc(S(=O)(=O)N2CC(C)CC(C)C2)cc1C(C)C. The zero-order valence-corrected chi connectivity index (χ0v) is 17.1. The van der Waals surface area contributed by atoms with Crippen LogP contribution in [0.5, 0.6) is 5.75 Å². The lowest BCUT2D eigenvalue weighted by molar-refractivity contribution is 0.222. The Kier molecular flexibility index (Phi) is 6.92. The summed E-state index contributed by atoms with van der Waals surface area (Å²) in [4.78, 5) is 0.389. The first-order valence-corrected chi connectivity index (χ1v) is 11.0. The standard InChI is InChI=1S/C20H33NO3S/c1-6-7-10-24-20-9-8-18(12-19(20)15(2)3)25(22,23)21-13-16(4)11-17(5)14-21/h8-9,12,15-17H,6-7,10-11,13-14H2,1-5H3. The van der Waals surface area contributed by atoms with Crippen molar-refractivity contribution >= 4 is 10.0 Å². The summed E-state index contributed by atoms with van der Waals surface area (Å²) in [5.74, 6) is 1.83. The molecule has 0 radical (unpaired) electrons. The number of piperidine rings is 1. The molecule has 25 heavy (non-hydrogen) atoms. The van der Waals surface area contributed by atoms with E-state index in [4.69, 9.17) is 4.74 Å². The Morgan fingerprint density at radius 3 is 2.40 bits per heavy atom. The molecule has 1 saturated heterocycles. The Morgan fingerprint density at radius 2 is 1.84 bits per heavy atom. The van der Waals surface area contributed by atoms with Gasteiger partial charge in [-0.2, -0.15) is 4.31 Å². The van der Waals surface area contributed by atoms with Crippen LogP contribution in [0, 0.1) is 11.8 Å². The predicted octanol–water partition coefficient (Wildman–Crippen LogP) is 4.66. The summed E-state index contributed by atoms with van der Waals surface area (Å²) in [6.45, 7) is 12.4. The van der Waals surface area contributed by atoms with Gasteiger partial charge in [0.25, 0.3) is 0 Å². The number of ether oxygens (including phenoxy) is 1. The van der Waals surface area contributed by atoms with E-state index < -0.39 is 10.0 Å². The van der Waals surface area contributed by atoms with Gasteiger partial charge in [0, 0.05) is 13.1 Å². The van der Waals surface area contributed by atoms with Crippen molar-refractivity contribution in [3.8, 4) is 5.75 Å². The summed E-state index contributed by atoms with van der Waals surface area (Å²) < 4.78 is 33.8. The number of nitrogens with zero attached hydrogens (tertiary/aromatic N) is 1. The fraction of sp³-hybridized carbons (Fsp3) is 0.700. The molecule has 0 aliphatic carbocycles. The Morgan fingerprint density at radius 1 is 1.20 bits per heavy atom. The van der Waals surface area contributed by atoms with Crippen molar-refractivity contribution in [2.24, 2.45) is 11.8 Å². The lowest BCUT2D eigenvalue weighted by atomic mass is 9.94. The Labute approximate surface area is 153 Å². The van der Waals surface area contributed by atoms with Crippen LogP contribution in [0.3, 0.4) is 0 Å². The fourth-order valence-electron chi connectivity index (χ4n) is 3.55. The van der Waals surface area contributed by atoms with Gasteiger partial charge in [0.15, 0.2) is 0 Å². The van der Waals surface area contributed by atoms with Gasteiger partial charge in [-0.25, -0.2) is 8.42 Å². The lowest BCUT2D eigenvalue weighted by Crippen LogP contribution is -2.42. The van der Waals surface area contributed by atoms with Gasteiger partial charge in [-0.1, -0.05) is 41.0 Å². The van der Waals surface area contributed by atoms with Crippen LogP contribution in [-0.2, 0) is 10.0 Å². The monoisotopic (exact) mass is 367 g/mol. The van der Waals surface area contributed by atoms with Crippen LogP contribution in [0.4, 0.5) is 0 Å². The second kappa shape index (κ2) is 8.54. The lowest BCUT2D eigenvalue weighted by Gasteiger charge is -2.34. The third-order valence-electron chi connectivity index (χ3n) is 4.83. The third-order valence-corrected chi connectivity index (χ3v) is 6.66. The van der Waals surface area contributed by atoms with E-state index in [1.807, 2.05) is 12.1 Å². The average Bonchev–Trinajstić information content (AvgIpc) is 2.54. The van der Waals surface area contributed by atoms with Crippen molar-refractivity contribution in [2.75, 3.05) is 19.7 Å². The van der Waals surface area contributed by atoms with Gasteiger partial charge >= 0.3 is 0 Å². The molecule has 0 aromatic heterocycles. The molecule has 0 spiro atoms. The highest BCUT2D eigenvalue weighted by Gasteiger charge is 2.32. The van der Waals surface area contributed by atoms with Crippen LogP contribution in [0.1, 0.15) is 65.4 Å². The summed E-state index contributed by atoms with van der Waals surface area (Å²) in [7, 11) is -3.45. The highest BCUT2D eigenvalue weighted by molar-refractivity contribution is 7.89. The highest BCUT2D eigenvalue weighted by Crippen LogP contribution is 2.32. The normalized spacial score (nSPS) is 22.3. The Hall–Kier alpha value is -1.07. The largest absolute Gasteiger partial charge is 0.493 e. The first kappa shape index (κ1) is 20.2. The minimum atomic E-state index is -3.45. The molecule has 0 saturated carbocycles. The summed E-state index contributed by atoms with van der Waals surface area (Å²) in [6, 6.07) is 5.34. The summed E-state index contributed by atoms with van der Waals surface area (Å²) in [5.41, 5.74) is 0.968. The van der Waals surface area contributed by atoms with Crippen LogP contribution in [0.15, 0.2) is 23.1 Å². The average molecular weight is 368 g/mol. The molecule has 2 unspecified atom stereocenters. The van der Waals surface area contributed by atoms with Crippen molar-refractivity contribution in [3.05, 3.63) is 23.8 Å². The number of hydrogen-bond donors (Lipinski definition) is 0. The molecule has 1 aliphatic rings. The molecule has 1 aromatic rings. The number of sulfonamides is 1. The van der Waals surface area contributed by atoms with Crippen LogP contribution in [0.25, 0.3) is 0 Å². The molecule has 1 aromatic carbocycles. The molecule has 1 aliphatic heterocycles. The minimum Gasteiger partial charge on any atom is -0.493 e. The van der Waals surface area contributed by atoms with E-state index in [1.165, 1.54) is 0 Å². The van der Waals surface area contributed by atoms with Gasteiger partial charge in [-0.05, 0) is 54.4 Å². The van der Waals surface area contributed by atoms with E-state index >= 15 is 0 Å². The summed E-state index contributed by atoms with van der Waals surface area (Å²) in [5, 5.41) is 0. The van der Waals surface area contributed by atoms with Crippen LogP contribution in [-0.4, -0.2) is 32.4 Å². The van der Waals surface area contributed by atoms with Crippen LogP contribution >= 0.6 is 0 Å². The van der Waals surface area contributed by atoms with Gasteiger partial charge in [0.2, 0.25) is 10.0 Å². The zero-order valence-electron chi connectivity index (χ0n) is 16.3. The predicted molar refractivity (Wildman–Crippen MR) is 103 cm³/mol.